The standard InChI is InChI=1S/C28H38F2S.C27H36F2S/c1-2-3-4-5-6-7-22-10-16-25(17-11-22)26-18-12-23(13-19-26)8-9-24-14-20-27(21-15-24)31-28(29)30;1-2-3-4-5-6-21-9-15-24(16-10-21)25-17-11-22(12-18-25)7-8-23-13-19-26(20-14-23)30-27(28)29/h12-15,18-22,25,28H,2-11,16-17H2,1H3;11-14,17-21,24,27H,2-10,15-16H2,1H3/t22-,25-;21-,24-. The molecule has 0 unspecified atom stereocenters. The van der Waals surface area contributed by atoms with Gasteiger partial charge in [-0.05, 0) is 158 Å². The van der Waals surface area contributed by atoms with Crippen molar-refractivity contribution < 1.29 is 17.6 Å². The lowest BCUT2D eigenvalue weighted by atomic mass is 9.77. The molecule has 6 rings (SSSR count). The Hall–Kier alpha value is -2.70. The molecule has 0 saturated heterocycles. The van der Waals surface area contributed by atoms with Crippen molar-refractivity contribution in [3.05, 3.63) is 130 Å². The van der Waals surface area contributed by atoms with Gasteiger partial charge in [0, 0.05) is 9.79 Å². The average molecular weight is 875 g/mol. The van der Waals surface area contributed by atoms with Gasteiger partial charge in [0.05, 0.1) is 0 Å². The van der Waals surface area contributed by atoms with Crippen molar-refractivity contribution in [2.75, 3.05) is 0 Å². The molecule has 2 saturated carbocycles. The molecule has 0 amide bonds. The first kappa shape index (κ1) is 49.3. The van der Waals surface area contributed by atoms with Gasteiger partial charge >= 0.3 is 0 Å². The van der Waals surface area contributed by atoms with E-state index in [0.717, 1.165) is 49.4 Å². The molecule has 0 heterocycles. The van der Waals surface area contributed by atoms with Crippen LogP contribution in [0.1, 0.15) is 181 Å². The predicted octanol–water partition coefficient (Wildman–Crippen LogP) is 18.5. The van der Waals surface area contributed by atoms with Crippen LogP contribution in [-0.4, -0.2) is 11.5 Å². The highest BCUT2D eigenvalue weighted by Gasteiger charge is 2.23. The minimum atomic E-state index is -2.35. The van der Waals surface area contributed by atoms with Crippen LogP contribution in [0.2, 0.25) is 0 Å². The van der Waals surface area contributed by atoms with Crippen LogP contribution in [0, 0.1) is 11.8 Å². The third kappa shape index (κ3) is 18.9. The SMILES string of the molecule is CCCCCCC[C@H]1CC[C@H](c2ccc(CCc3ccc(SC(F)F)cc3)cc2)CC1.CCCCCC[C@H]1CC[C@H](c2ccc(CCc3ccc(SC(F)F)cc3)cc2)CC1. The number of hydrogen-bond donors (Lipinski definition) is 0. The van der Waals surface area contributed by atoms with E-state index in [1.165, 1.54) is 155 Å². The molecular formula is C55H74F4S2. The molecule has 61 heavy (non-hydrogen) atoms. The maximum atomic E-state index is 12.4. The predicted molar refractivity (Wildman–Crippen MR) is 256 cm³/mol. The second kappa shape index (κ2) is 28.2. The molecular weight excluding hydrogens is 801 g/mol. The minimum Gasteiger partial charge on any atom is -0.198 e. The Morgan fingerprint density at radius 2 is 0.689 bits per heavy atom. The van der Waals surface area contributed by atoms with E-state index in [9.17, 15) is 17.6 Å². The van der Waals surface area contributed by atoms with Crippen LogP contribution >= 0.6 is 23.5 Å². The molecule has 334 valence electrons. The lowest BCUT2D eigenvalue weighted by Crippen LogP contribution is -2.13. The lowest BCUT2D eigenvalue weighted by molar-refractivity contribution is 0.251. The second-order valence-corrected chi connectivity index (χ2v) is 20.1. The quantitative estimate of drug-likeness (QED) is 0.0414. The molecule has 4 aromatic rings. The zero-order valence-electron chi connectivity index (χ0n) is 37.3. The fourth-order valence-electron chi connectivity index (χ4n) is 9.63. The van der Waals surface area contributed by atoms with E-state index in [-0.39, 0.29) is 0 Å². The Bertz CT molecular complexity index is 1710. The van der Waals surface area contributed by atoms with Crippen LogP contribution in [-0.2, 0) is 25.7 Å². The van der Waals surface area contributed by atoms with Crippen molar-refractivity contribution in [1.82, 2.24) is 0 Å². The summed E-state index contributed by atoms with van der Waals surface area (Å²) in [6.07, 6.45) is 30.3. The summed E-state index contributed by atoms with van der Waals surface area (Å²) >= 11 is 1.22. The van der Waals surface area contributed by atoms with Gasteiger partial charge in [0.1, 0.15) is 0 Å². The largest absolute Gasteiger partial charge is 0.288 e. The maximum Gasteiger partial charge on any atom is 0.288 e. The molecule has 0 radical (unpaired) electrons. The van der Waals surface area contributed by atoms with E-state index in [1.54, 1.807) is 24.3 Å². The third-order valence-corrected chi connectivity index (χ3v) is 14.9. The summed E-state index contributed by atoms with van der Waals surface area (Å²) in [6.45, 7) is 4.57. The molecule has 6 heteroatoms. The average Bonchev–Trinajstić information content (AvgIpc) is 3.28. The van der Waals surface area contributed by atoms with Crippen LogP contribution in [0.5, 0.6) is 0 Å². The van der Waals surface area contributed by atoms with Crippen LogP contribution < -0.4 is 0 Å². The molecule has 4 aromatic carbocycles. The highest BCUT2D eigenvalue weighted by Crippen LogP contribution is 2.39. The summed E-state index contributed by atoms with van der Waals surface area (Å²) in [5.41, 5.74) is 8.14. The Kier molecular flexibility index (Phi) is 22.8. The second-order valence-electron chi connectivity index (χ2n) is 18.0. The van der Waals surface area contributed by atoms with Gasteiger partial charge in [0.15, 0.2) is 0 Å². The smallest absolute Gasteiger partial charge is 0.198 e. The third-order valence-electron chi connectivity index (χ3n) is 13.5. The minimum absolute atomic E-state index is 0.609. The summed E-state index contributed by atoms with van der Waals surface area (Å²) in [5, 5.41) is 0. The summed E-state index contributed by atoms with van der Waals surface area (Å²) in [4.78, 5) is 1.27. The fourth-order valence-corrected chi connectivity index (χ4v) is 10.6. The Morgan fingerprint density at radius 3 is 1.00 bits per heavy atom. The number of thioether (sulfide) groups is 2. The van der Waals surface area contributed by atoms with Crippen molar-refractivity contribution in [3.8, 4) is 0 Å². The van der Waals surface area contributed by atoms with E-state index >= 15 is 0 Å². The molecule has 0 aliphatic heterocycles. The number of aryl methyl sites for hydroxylation is 4. The zero-order valence-corrected chi connectivity index (χ0v) is 38.9. The first-order valence-electron chi connectivity index (χ1n) is 24.0. The zero-order chi connectivity index (χ0) is 43.1. The summed E-state index contributed by atoms with van der Waals surface area (Å²) in [5.74, 6) is -1.30. The van der Waals surface area contributed by atoms with Gasteiger partial charge in [-0.2, -0.15) is 17.6 Å². The first-order chi connectivity index (χ1) is 29.8. The van der Waals surface area contributed by atoms with Crippen molar-refractivity contribution in [2.45, 2.75) is 195 Å². The van der Waals surface area contributed by atoms with E-state index in [4.69, 9.17) is 0 Å². The molecule has 0 bridgehead atoms. The fraction of sp³-hybridized carbons (Fsp3) is 0.564. The van der Waals surface area contributed by atoms with Crippen LogP contribution in [0.4, 0.5) is 17.6 Å². The number of halogens is 4. The molecule has 0 N–H and O–H groups in total. The number of alkyl halides is 4. The summed E-state index contributed by atoms with van der Waals surface area (Å²) < 4.78 is 49.7. The highest BCUT2D eigenvalue weighted by molar-refractivity contribution is 7.99. The number of benzene rings is 4. The monoisotopic (exact) mass is 875 g/mol. The molecule has 2 aliphatic rings. The van der Waals surface area contributed by atoms with Crippen molar-refractivity contribution in [2.24, 2.45) is 11.8 Å². The van der Waals surface area contributed by atoms with Crippen LogP contribution in [0.3, 0.4) is 0 Å². The summed E-state index contributed by atoms with van der Waals surface area (Å²) in [7, 11) is 0. The van der Waals surface area contributed by atoms with Crippen LogP contribution in [0.25, 0.3) is 0 Å². The Labute approximate surface area is 376 Å². The van der Waals surface area contributed by atoms with Gasteiger partial charge in [-0.1, -0.05) is 181 Å². The van der Waals surface area contributed by atoms with E-state index in [2.05, 4.69) is 62.4 Å². The number of hydrogen-bond acceptors (Lipinski definition) is 2. The maximum absolute atomic E-state index is 12.4. The van der Waals surface area contributed by atoms with Gasteiger partial charge < -0.3 is 0 Å². The highest BCUT2D eigenvalue weighted by atomic mass is 32.2. The Balaban J connectivity index is 0.000000231. The van der Waals surface area contributed by atoms with Gasteiger partial charge in [-0.15, -0.1) is 0 Å². The summed E-state index contributed by atoms with van der Waals surface area (Å²) in [6, 6.07) is 33.6. The number of rotatable bonds is 23. The molecule has 0 atom stereocenters. The van der Waals surface area contributed by atoms with Gasteiger partial charge in [0.2, 0.25) is 0 Å². The molecule has 2 aliphatic carbocycles. The molecule has 0 spiro atoms. The van der Waals surface area contributed by atoms with Crippen molar-refractivity contribution in [3.63, 3.8) is 0 Å². The van der Waals surface area contributed by atoms with Gasteiger partial charge in [-0.3, -0.25) is 0 Å². The number of unbranched alkanes of at least 4 members (excludes halogenated alkanes) is 7. The molecule has 0 aromatic heterocycles. The normalized spacial score (nSPS) is 19.2. The van der Waals surface area contributed by atoms with E-state index < -0.39 is 11.5 Å². The topological polar surface area (TPSA) is 0 Å². The van der Waals surface area contributed by atoms with Gasteiger partial charge in [0.25, 0.3) is 11.5 Å². The van der Waals surface area contributed by atoms with Crippen LogP contribution in [0.15, 0.2) is 107 Å². The van der Waals surface area contributed by atoms with Crippen molar-refractivity contribution in [1.29, 1.82) is 0 Å². The van der Waals surface area contributed by atoms with E-state index in [1.807, 2.05) is 24.3 Å². The first-order valence-corrected chi connectivity index (χ1v) is 25.8. The molecule has 0 nitrogen and oxygen atoms in total. The molecule has 2 fully saturated rings. The lowest BCUT2D eigenvalue weighted by Gasteiger charge is -2.29. The van der Waals surface area contributed by atoms with Crippen molar-refractivity contribution >= 4 is 23.5 Å². The van der Waals surface area contributed by atoms with Gasteiger partial charge in [-0.25, -0.2) is 0 Å². The Morgan fingerprint density at radius 1 is 0.393 bits per heavy atom. The van der Waals surface area contributed by atoms with E-state index in [0.29, 0.717) is 33.3 Å².